The van der Waals surface area contributed by atoms with Crippen LogP contribution < -0.4 is 10.6 Å². The van der Waals surface area contributed by atoms with Crippen molar-refractivity contribution >= 4 is 5.91 Å². The summed E-state index contributed by atoms with van der Waals surface area (Å²) in [6, 6.07) is 4.11. The molecule has 2 N–H and O–H groups in total. The molecule has 1 aliphatic carbocycles. The Bertz CT molecular complexity index is 486. The summed E-state index contributed by atoms with van der Waals surface area (Å²) in [5.41, 5.74) is 0.480. The highest BCUT2D eigenvalue weighted by Gasteiger charge is 2.11. The third kappa shape index (κ3) is 5.72. The van der Waals surface area contributed by atoms with E-state index in [1.54, 1.807) is 0 Å². The van der Waals surface area contributed by atoms with Gasteiger partial charge in [0.05, 0.1) is 6.42 Å². The second-order valence-corrected chi connectivity index (χ2v) is 5.92. The molecule has 1 aliphatic rings. The average Bonchev–Trinajstić information content (AvgIpc) is 2.76. The van der Waals surface area contributed by atoms with Gasteiger partial charge in [0.15, 0.2) is 11.6 Å². The zero-order valence-electron chi connectivity index (χ0n) is 12.8. The van der Waals surface area contributed by atoms with Crippen molar-refractivity contribution in [2.75, 3.05) is 13.1 Å². The van der Waals surface area contributed by atoms with E-state index in [0.717, 1.165) is 18.7 Å². The number of carbonyl (C=O) groups is 1. The Labute approximate surface area is 130 Å². The number of carbonyl (C=O) groups excluding carboxylic acids is 1. The van der Waals surface area contributed by atoms with E-state index in [9.17, 15) is 13.6 Å². The zero-order chi connectivity index (χ0) is 15.8. The number of nitrogens with one attached hydrogen (secondary N) is 2. The number of amides is 1. The molecule has 5 heteroatoms. The summed E-state index contributed by atoms with van der Waals surface area (Å²) in [5, 5.41) is 6.28. The van der Waals surface area contributed by atoms with Crippen molar-refractivity contribution in [1.82, 2.24) is 10.6 Å². The lowest BCUT2D eigenvalue weighted by Gasteiger charge is -2.16. The van der Waals surface area contributed by atoms with Crippen LogP contribution in [0, 0.1) is 11.6 Å². The van der Waals surface area contributed by atoms with E-state index >= 15 is 0 Å². The smallest absolute Gasteiger partial charge is 0.224 e. The lowest BCUT2D eigenvalue weighted by atomic mass is 10.1. The summed E-state index contributed by atoms with van der Waals surface area (Å²) in [6.45, 7) is 1.30. The van der Waals surface area contributed by atoms with Crippen molar-refractivity contribution in [3.8, 4) is 0 Å². The Morgan fingerprint density at radius 2 is 1.77 bits per heavy atom. The number of hydrogen-bond donors (Lipinski definition) is 2. The quantitative estimate of drug-likeness (QED) is 0.626. The van der Waals surface area contributed by atoms with Crippen LogP contribution >= 0.6 is 0 Å². The largest absolute Gasteiger partial charge is 0.355 e. The molecule has 2 rings (SSSR count). The fraction of sp³-hybridized carbons (Fsp3) is 0.588. The van der Waals surface area contributed by atoms with Crippen molar-refractivity contribution in [3.63, 3.8) is 0 Å². The maximum atomic E-state index is 13.1. The summed E-state index contributed by atoms with van der Waals surface area (Å²) >= 11 is 0. The molecule has 3 nitrogen and oxygen atoms in total. The molecular formula is C17H24F2N2O. The molecule has 0 saturated heterocycles. The Morgan fingerprint density at radius 1 is 1.05 bits per heavy atom. The molecule has 0 aromatic heterocycles. The van der Waals surface area contributed by atoms with Gasteiger partial charge in [-0.15, -0.1) is 0 Å². The zero-order valence-corrected chi connectivity index (χ0v) is 12.8. The van der Waals surface area contributed by atoms with E-state index in [0.29, 0.717) is 18.2 Å². The van der Waals surface area contributed by atoms with Crippen LogP contribution in [-0.2, 0) is 11.2 Å². The van der Waals surface area contributed by atoms with Gasteiger partial charge >= 0.3 is 0 Å². The molecule has 0 radical (unpaired) electrons. The van der Waals surface area contributed by atoms with Crippen LogP contribution in [0.3, 0.4) is 0 Å². The molecule has 122 valence electrons. The third-order valence-corrected chi connectivity index (χ3v) is 4.08. The minimum absolute atomic E-state index is 0.0701. The maximum absolute atomic E-state index is 13.1. The molecule has 0 bridgehead atoms. The Balaban J connectivity index is 1.63. The normalized spacial score (nSPS) is 16.3. The third-order valence-electron chi connectivity index (χ3n) is 4.08. The Morgan fingerprint density at radius 3 is 2.45 bits per heavy atom. The van der Waals surface area contributed by atoms with Gasteiger partial charge in [-0.25, -0.2) is 8.78 Å². The minimum Gasteiger partial charge on any atom is -0.355 e. The van der Waals surface area contributed by atoms with Gasteiger partial charge in [-0.2, -0.15) is 0 Å². The SMILES string of the molecule is O=C(Cc1ccc(F)c(F)c1)NCCNC1CCCCCC1. The van der Waals surface area contributed by atoms with Gasteiger partial charge in [-0.3, -0.25) is 4.79 Å². The summed E-state index contributed by atoms with van der Waals surface area (Å²) in [4.78, 5) is 11.8. The molecule has 1 amide bonds. The predicted molar refractivity (Wildman–Crippen MR) is 82.6 cm³/mol. The molecule has 1 aromatic rings. The van der Waals surface area contributed by atoms with Crippen LogP contribution in [0.15, 0.2) is 18.2 Å². The van der Waals surface area contributed by atoms with E-state index in [-0.39, 0.29) is 12.3 Å². The molecular weight excluding hydrogens is 286 g/mol. The van der Waals surface area contributed by atoms with Gasteiger partial charge in [0.25, 0.3) is 0 Å². The van der Waals surface area contributed by atoms with Crippen LogP contribution in [0.25, 0.3) is 0 Å². The predicted octanol–water partition coefficient (Wildman–Crippen LogP) is 2.94. The molecule has 0 aliphatic heterocycles. The lowest BCUT2D eigenvalue weighted by molar-refractivity contribution is -0.120. The van der Waals surface area contributed by atoms with Crippen molar-refractivity contribution in [2.45, 2.75) is 51.0 Å². The second-order valence-electron chi connectivity index (χ2n) is 5.92. The molecule has 1 aromatic carbocycles. The van der Waals surface area contributed by atoms with E-state index in [1.165, 1.54) is 44.6 Å². The standard InChI is InChI=1S/C17H24F2N2O/c18-15-8-7-13(11-16(15)19)12-17(22)21-10-9-20-14-5-3-1-2-4-6-14/h7-8,11,14,20H,1-6,9-10,12H2,(H,21,22). The number of rotatable bonds is 6. The first-order valence-corrected chi connectivity index (χ1v) is 8.09. The van der Waals surface area contributed by atoms with Crippen molar-refractivity contribution in [2.24, 2.45) is 0 Å². The van der Waals surface area contributed by atoms with Crippen molar-refractivity contribution in [1.29, 1.82) is 0 Å². The van der Waals surface area contributed by atoms with E-state index in [2.05, 4.69) is 10.6 Å². The highest BCUT2D eigenvalue weighted by molar-refractivity contribution is 5.78. The molecule has 0 heterocycles. The summed E-state index contributed by atoms with van der Waals surface area (Å²) < 4.78 is 25.9. The van der Waals surface area contributed by atoms with Gasteiger partial charge in [-0.1, -0.05) is 31.7 Å². The van der Waals surface area contributed by atoms with E-state index in [4.69, 9.17) is 0 Å². The first kappa shape index (κ1) is 16.9. The van der Waals surface area contributed by atoms with Gasteiger partial charge < -0.3 is 10.6 Å². The highest BCUT2D eigenvalue weighted by Crippen LogP contribution is 2.16. The lowest BCUT2D eigenvalue weighted by Crippen LogP contribution is -2.37. The van der Waals surface area contributed by atoms with Crippen LogP contribution in [-0.4, -0.2) is 25.0 Å². The summed E-state index contributed by atoms with van der Waals surface area (Å²) in [5.74, 6) is -1.98. The molecule has 0 unspecified atom stereocenters. The summed E-state index contributed by atoms with van der Waals surface area (Å²) in [7, 11) is 0. The number of hydrogen-bond acceptors (Lipinski definition) is 2. The highest BCUT2D eigenvalue weighted by atomic mass is 19.2. The van der Waals surface area contributed by atoms with Crippen molar-refractivity contribution < 1.29 is 13.6 Å². The van der Waals surface area contributed by atoms with Crippen LogP contribution in [0.1, 0.15) is 44.1 Å². The number of halogens is 2. The van der Waals surface area contributed by atoms with Gasteiger partial charge in [-0.05, 0) is 30.5 Å². The van der Waals surface area contributed by atoms with Gasteiger partial charge in [0.2, 0.25) is 5.91 Å². The van der Waals surface area contributed by atoms with Crippen LogP contribution in [0.2, 0.25) is 0 Å². The van der Waals surface area contributed by atoms with E-state index in [1.807, 2.05) is 0 Å². The topological polar surface area (TPSA) is 41.1 Å². The maximum Gasteiger partial charge on any atom is 0.224 e. The molecule has 1 saturated carbocycles. The monoisotopic (exact) mass is 310 g/mol. The second kappa shape index (κ2) is 8.83. The summed E-state index contributed by atoms with van der Waals surface area (Å²) in [6.07, 6.45) is 7.69. The van der Waals surface area contributed by atoms with Gasteiger partial charge in [0.1, 0.15) is 0 Å². The first-order valence-electron chi connectivity index (χ1n) is 8.09. The Hall–Kier alpha value is -1.49. The van der Waals surface area contributed by atoms with Crippen molar-refractivity contribution in [3.05, 3.63) is 35.4 Å². The molecule has 1 fully saturated rings. The van der Waals surface area contributed by atoms with Crippen LogP contribution in [0.5, 0.6) is 0 Å². The number of benzene rings is 1. The van der Waals surface area contributed by atoms with Crippen LogP contribution in [0.4, 0.5) is 8.78 Å². The molecule has 0 atom stereocenters. The fourth-order valence-electron chi connectivity index (χ4n) is 2.86. The molecule has 22 heavy (non-hydrogen) atoms. The molecule has 0 spiro atoms. The fourth-order valence-corrected chi connectivity index (χ4v) is 2.86. The van der Waals surface area contributed by atoms with Gasteiger partial charge in [0, 0.05) is 19.1 Å². The first-order chi connectivity index (χ1) is 10.6. The Kier molecular flexibility index (Phi) is 6.77. The minimum atomic E-state index is -0.916. The van der Waals surface area contributed by atoms with E-state index < -0.39 is 11.6 Å². The average molecular weight is 310 g/mol.